The number of rotatable bonds is 4. The summed E-state index contributed by atoms with van der Waals surface area (Å²) in [5, 5.41) is 3.12. The smallest absolute Gasteiger partial charge is 0.371 e. The minimum atomic E-state index is -4.49. The van der Waals surface area contributed by atoms with Crippen molar-refractivity contribution in [2.24, 2.45) is 21.7 Å². The molecule has 0 saturated carbocycles. The maximum Gasteiger partial charge on any atom is 0.451 e. The SMILES string of the molecule is CC(C)(C)N1CCC2(CCN(c3ccc(C(F)(F)F)cn3)CC2)C1.CC(C)(C)N1CCC2(CCN(c3ccc4cnccc4c3)CC2)C1.CC(C)(C)N1CCC2(CCN(c3ccnc(C(F)(F)F)n3)CC2)C1.CC(C)(C)N1CCC2(CCN(c3ccnc4c(C(F)(F)F)cccc34)CC2)C1. The van der Waals surface area contributed by atoms with Crippen LogP contribution in [0.3, 0.4) is 0 Å². The average Bonchev–Trinajstić information content (AvgIpc) is 1.73. The van der Waals surface area contributed by atoms with Crippen molar-refractivity contribution < 1.29 is 39.5 Å². The van der Waals surface area contributed by atoms with Crippen molar-refractivity contribution in [2.75, 3.05) is 124 Å². The van der Waals surface area contributed by atoms with Crippen molar-refractivity contribution in [3.05, 3.63) is 115 Å². The molecular formula is C78H108F9N13. The molecule has 0 aliphatic carbocycles. The summed E-state index contributed by atoms with van der Waals surface area (Å²) in [6.07, 6.45) is 8.27. The van der Waals surface area contributed by atoms with Gasteiger partial charge >= 0.3 is 18.5 Å². The number of hydrogen-bond donors (Lipinski definition) is 0. The number of para-hydroxylation sites is 1. The molecule has 100 heavy (non-hydrogen) atoms. The Hall–Kier alpha value is -6.10. The van der Waals surface area contributed by atoms with E-state index in [4.69, 9.17) is 0 Å². The maximum absolute atomic E-state index is 13.4. The van der Waals surface area contributed by atoms with Crippen LogP contribution in [-0.2, 0) is 18.5 Å². The Bertz CT molecular complexity index is 3700. The van der Waals surface area contributed by atoms with Gasteiger partial charge in [-0.15, -0.1) is 0 Å². The minimum absolute atomic E-state index is 0.0487. The predicted molar refractivity (Wildman–Crippen MR) is 384 cm³/mol. The molecule has 8 fully saturated rings. The molecule has 14 rings (SSSR count). The molecule has 0 unspecified atom stereocenters. The van der Waals surface area contributed by atoms with Crippen molar-refractivity contribution in [3.63, 3.8) is 0 Å². The molecule has 0 radical (unpaired) electrons. The lowest BCUT2D eigenvalue weighted by Crippen LogP contribution is -2.45. The summed E-state index contributed by atoms with van der Waals surface area (Å²) in [7, 11) is 0. The molecule has 0 atom stereocenters. The molecule has 6 aromatic rings. The summed E-state index contributed by atoms with van der Waals surface area (Å²) in [5.41, 5.74) is 3.42. The Morgan fingerprint density at radius 3 is 1.22 bits per heavy atom. The molecule has 22 heteroatoms. The predicted octanol–water partition coefficient (Wildman–Crippen LogP) is 17.4. The highest BCUT2D eigenvalue weighted by atomic mass is 19.4. The lowest BCUT2D eigenvalue weighted by Gasteiger charge is -2.42. The van der Waals surface area contributed by atoms with Crippen LogP contribution in [0.25, 0.3) is 21.7 Å². The Balaban J connectivity index is 0.000000135. The van der Waals surface area contributed by atoms with Crippen LogP contribution in [0.2, 0.25) is 0 Å². The molecule has 0 bridgehead atoms. The minimum Gasteiger partial charge on any atom is -0.371 e. The largest absolute Gasteiger partial charge is 0.451 e. The molecule has 4 spiro atoms. The number of piperidine rings is 4. The number of alkyl halides is 9. The van der Waals surface area contributed by atoms with Crippen LogP contribution < -0.4 is 19.6 Å². The van der Waals surface area contributed by atoms with E-state index >= 15 is 0 Å². The summed E-state index contributed by atoms with van der Waals surface area (Å²) < 4.78 is 116. The van der Waals surface area contributed by atoms with E-state index in [0.717, 1.165) is 141 Å². The highest BCUT2D eigenvalue weighted by molar-refractivity contribution is 5.94. The van der Waals surface area contributed by atoms with Crippen molar-refractivity contribution in [3.8, 4) is 0 Å². The number of halogens is 9. The maximum atomic E-state index is 13.4. The quantitative estimate of drug-likeness (QED) is 0.157. The fourth-order valence-electron chi connectivity index (χ4n) is 16.9. The summed E-state index contributed by atoms with van der Waals surface area (Å²) in [6, 6.07) is 19.3. The standard InChI is InChI=1S/C22H28F3N3.C21H29N3.C18H26F3N3.C17H25F3N4/c1-20(2,3)28-14-10-21(15-28)8-12-27(13-9-21)18-7-11-26-19-16(18)5-4-6-17(19)22(23,24)25;1-20(2,3)24-13-9-21(16-24)7-11-23(12-8-21)19-5-4-18-15-22-10-6-17(18)14-19;1-16(2,3)24-11-8-17(13-24)6-9-23(10-7-17)15-5-4-14(12-22-15)18(19,20)21;1-15(2,3)24-11-7-16(12-24)5-9-23(10-6-16)13-4-8-21-14(22-13)17(18,19)20/h4-7,11H,8-10,12-15H2,1-3H3;4-6,10,14-15H,7-9,11-13,16H2,1-3H3;4-5,12H,6-11,13H2,1-3H3;4,8H,5-7,9-12H2,1-3H3. The van der Waals surface area contributed by atoms with Gasteiger partial charge in [0.2, 0.25) is 5.82 Å². The van der Waals surface area contributed by atoms with E-state index in [2.05, 4.69) is 167 Å². The topological polar surface area (TPSA) is 90.4 Å². The molecule has 0 N–H and O–H groups in total. The first-order valence-electron chi connectivity index (χ1n) is 36.5. The Morgan fingerprint density at radius 2 is 0.800 bits per heavy atom. The lowest BCUT2D eigenvalue weighted by atomic mass is 9.77. The third-order valence-corrected chi connectivity index (χ3v) is 23.8. The number of benzene rings is 2. The first-order valence-corrected chi connectivity index (χ1v) is 36.5. The number of aromatic nitrogens is 5. The second-order valence-corrected chi connectivity index (χ2v) is 34.4. The van der Waals surface area contributed by atoms with Crippen LogP contribution in [0.1, 0.15) is 177 Å². The number of anilines is 4. The zero-order chi connectivity index (χ0) is 72.1. The third kappa shape index (κ3) is 17.6. The van der Waals surface area contributed by atoms with Crippen LogP contribution in [0.5, 0.6) is 0 Å². The summed E-state index contributed by atoms with van der Waals surface area (Å²) in [4.78, 5) is 38.6. The Kier molecular flexibility index (Phi) is 21.4. The monoisotopic (exact) mass is 1400 g/mol. The molecule has 8 aliphatic heterocycles. The van der Waals surface area contributed by atoms with Crippen LogP contribution in [0, 0.1) is 21.7 Å². The van der Waals surface area contributed by atoms with E-state index in [1.165, 1.54) is 106 Å². The van der Waals surface area contributed by atoms with Crippen LogP contribution in [-0.4, -0.2) is 171 Å². The van der Waals surface area contributed by atoms with Gasteiger partial charge in [0.25, 0.3) is 0 Å². The lowest BCUT2D eigenvalue weighted by molar-refractivity contribution is -0.145. The van der Waals surface area contributed by atoms with Crippen molar-refractivity contribution in [1.29, 1.82) is 0 Å². The van der Waals surface area contributed by atoms with Gasteiger partial charge in [-0.1, -0.05) is 18.2 Å². The molecular weight excluding hydrogens is 1290 g/mol. The van der Waals surface area contributed by atoms with E-state index < -0.39 is 35.5 Å². The number of nitrogens with zero attached hydrogens (tertiary/aromatic N) is 13. The van der Waals surface area contributed by atoms with Gasteiger partial charge in [0, 0.05) is 154 Å². The van der Waals surface area contributed by atoms with Gasteiger partial charge in [-0.3, -0.25) is 29.6 Å². The van der Waals surface area contributed by atoms with Gasteiger partial charge in [-0.25, -0.2) is 15.0 Å². The highest BCUT2D eigenvalue weighted by Crippen LogP contribution is 2.49. The van der Waals surface area contributed by atoms with Crippen molar-refractivity contribution >= 4 is 44.7 Å². The molecule has 2 aromatic carbocycles. The number of likely N-dealkylation sites (tertiary alicyclic amines) is 4. The fraction of sp³-hybridized carbons (Fsp3) is 0.654. The highest BCUT2D eigenvalue weighted by Gasteiger charge is 2.48. The summed E-state index contributed by atoms with van der Waals surface area (Å²) >= 11 is 0. The van der Waals surface area contributed by atoms with E-state index in [-0.39, 0.29) is 22.1 Å². The third-order valence-electron chi connectivity index (χ3n) is 23.8. The fourth-order valence-corrected chi connectivity index (χ4v) is 16.9. The molecule has 8 aliphatic rings. The van der Waals surface area contributed by atoms with Gasteiger partial charge in [-0.05, 0) is 262 Å². The Morgan fingerprint density at radius 1 is 0.360 bits per heavy atom. The van der Waals surface area contributed by atoms with Crippen LogP contribution in [0.4, 0.5) is 62.5 Å². The van der Waals surface area contributed by atoms with E-state index in [1.807, 2.05) is 23.4 Å². The van der Waals surface area contributed by atoms with Crippen molar-refractivity contribution in [1.82, 2.24) is 44.5 Å². The van der Waals surface area contributed by atoms with Gasteiger partial charge in [-0.2, -0.15) is 39.5 Å². The Labute approximate surface area is 587 Å². The number of fused-ring (bicyclic) bond motifs is 2. The second-order valence-electron chi connectivity index (χ2n) is 34.4. The van der Waals surface area contributed by atoms with Gasteiger partial charge in [0.1, 0.15) is 11.6 Å². The first kappa shape index (κ1) is 75.1. The van der Waals surface area contributed by atoms with E-state index in [1.54, 1.807) is 12.1 Å². The molecule has 8 saturated heterocycles. The van der Waals surface area contributed by atoms with Crippen LogP contribution in [0.15, 0.2) is 97.7 Å². The van der Waals surface area contributed by atoms with Gasteiger partial charge in [0.15, 0.2) is 0 Å². The number of hydrogen-bond acceptors (Lipinski definition) is 13. The van der Waals surface area contributed by atoms with Gasteiger partial charge in [0.05, 0.1) is 16.6 Å². The van der Waals surface area contributed by atoms with Gasteiger partial charge < -0.3 is 19.6 Å². The first-order chi connectivity index (χ1) is 46.7. The zero-order valence-corrected chi connectivity index (χ0v) is 61.3. The second kappa shape index (κ2) is 28.5. The zero-order valence-electron chi connectivity index (χ0n) is 61.3. The number of pyridine rings is 3. The summed E-state index contributed by atoms with van der Waals surface area (Å²) in [6.45, 7) is 44.0. The van der Waals surface area contributed by atoms with E-state index in [9.17, 15) is 39.5 Å². The molecule has 13 nitrogen and oxygen atoms in total. The molecule has 12 heterocycles. The normalized spacial score (nSPS) is 21.8. The summed E-state index contributed by atoms with van der Waals surface area (Å²) in [5.74, 6) is -0.0126. The van der Waals surface area contributed by atoms with Crippen LogP contribution >= 0.6 is 0 Å². The molecule has 4 aromatic heterocycles. The van der Waals surface area contributed by atoms with Crippen molar-refractivity contribution in [2.45, 2.75) is 201 Å². The molecule has 548 valence electrons. The van der Waals surface area contributed by atoms with E-state index in [0.29, 0.717) is 44.2 Å². The average molecular weight is 1400 g/mol. The molecule has 0 amide bonds.